The topological polar surface area (TPSA) is 62.7 Å². The molecule has 2 heterocycles. The van der Waals surface area contributed by atoms with Gasteiger partial charge in [0.05, 0.1) is 11.1 Å². The molecule has 2 atom stereocenters. The molecule has 5 nitrogen and oxygen atoms in total. The lowest BCUT2D eigenvalue weighted by atomic mass is 9.90. The van der Waals surface area contributed by atoms with Crippen LogP contribution in [0.1, 0.15) is 43.7 Å². The van der Waals surface area contributed by atoms with Crippen molar-refractivity contribution in [2.24, 2.45) is 5.92 Å². The van der Waals surface area contributed by atoms with Crippen LogP contribution in [-0.2, 0) is 4.79 Å². The number of rotatable bonds is 5. The summed E-state index contributed by atoms with van der Waals surface area (Å²) in [7, 11) is 0. The van der Waals surface area contributed by atoms with E-state index < -0.39 is 11.7 Å². The number of amides is 1. The lowest BCUT2D eigenvalue weighted by Crippen LogP contribution is -2.48. The number of likely N-dealkylation sites (tertiary alicyclic amines) is 1. The van der Waals surface area contributed by atoms with Crippen molar-refractivity contribution < 1.29 is 14.6 Å². The highest BCUT2D eigenvalue weighted by atomic mass is 16.5. The third-order valence-corrected chi connectivity index (χ3v) is 7.38. The Morgan fingerprint density at radius 3 is 2.67 bits per heavy atom. The van der Waals surface area contributed by atoms with Crippen LogP contribution in [0.15, 0.2) is 48.7 Å². The molecule has 5 heteroatoms. The summed E-state index contributed by atoms with van der Waals surface area (Å²) in [5, 5.41) is 11.6. The minimum Gasteiger partial charge on any atom is -0.481 e. The van der Waals surface area contributed by atoms with E-state index in [1.807, 2.05) is 36.2 Å². The predicted molar refractivity (Wildman–Crippen MR) is 130 cm³/mol. The number of ether oxygens (including phenoxy) is 1. The lowest BCUT2D eigenvalue weighted by Gasteiger charge is -2.36. The van der Waals surface area contributed by atoms with Crippen LogP contribution in [0.3, 0.4) is 0 Å². The first-order chi connectivity index (χ1) is 15.9. The summed E-state index contributed by atoms with van der Waals surface area (Å²) in [4.78, 5) is 19.5. The summed E-state index contributed by atoms with van der Waals surface area (Å²) < 4.78 is 6.07. The Labute approximate surface area is 195 Å². The Bertz CT molecular complexity index is 1180. The predicted octanol–water partition coefficient (Wildman–Crippen LogP) is 5.05. The highest BCUT2D eigenvalue weighted by Gasteiger charge is 2.49. The number of benzene rings is 2. The van der Waals surface area contributed by atoms with Gasteiger partial charge >= 0.3 is 0 Å². The zero-order chi connectivity index (χ0) is 23.2. The van der Waals surface area contributed by atoms with E-state index in [1.54, 1.807) is 0 Å². The number of fused-ring (bicyclic) bond motifs is 1. The smallest absolute Gasteiger partial charge is 0.263 e. The van der Waals surface area contributed by atoms with Crippen LogP contribution in [0.25, 0.3) is 22.0 Å². The number of aliphatic hydroxyl groups is 1. The molecule has 33 heavy (non-hydrogen) atoms. The normalized spacial score (nSPS) is 20.5. The molecule has 1 aliphatic heterocycles. The first-order valence-corrected chi connectivity index (χ1v) is 12.0. The fourth-order valence-electron chi connectivity index (χ4n) is 5.32. The summed E-state index contributed by atoms with van der Waals surface area (Å²) in [6, 6.07) is 14.3. The van der Waals surface area contributed by atoms with Gasteiger partial charge in [-0.2, -0.15) is 0 Å². The van der Waals surface area contributed by atoms with E-state index in [0.29, 0.717) is 12.3 Å². The molecule has 3 aromatic rings. The van der Waals surface area contributed by atoms with E-state index in [1.165, 1.54) is 16.7 Å². The summed E-state index contributed by atoms with van der Waals surface area (Å²) in [6.07, 6.45) is 4.90. The van der Waals surface area contributed by atoms with Gasteiger partial charge < -0.3 is 14.7 Å². The molecule has 1 saturated heterocycles. The first kappa shape index (κ1) is 21.9. The number of piperidine rings is 1. The fraction of sp³-hybridized carbons (Fsp3) is 0.429. The van der Waals surface area contributed by atoms with Crippen molar-refractivity contribution in [2.45, 2.75) is 58.2 Å². The monoisotopic (exact) mass is 444 g/mol. The largest absolute Gasteiger partial charge is 0.481 e. The molecule has 1 amide bonds. The molecule has 1 unspecified atom stereocenters. The standard InChI is InChI=1S/C28H32N2O3/c1-18-6-4-7-19(2)26(18)24-11-14-29-25-16-22(9-10-23(24)25)33-20(3)27(31)30-15-5-8-21(17-30)28(32)12-13-28/h4,6-7,9-11,14,16,20-21,32H,5,8,12-13,15,17H2,1-3H3/t20-,21?/m1/s1. The molecule has 2 aromatic carbocycles. The van der Waals surface area contributed by atoms with E-state index >= 15 is 0 Å². The highest BCUT2D eigenvalue weighted by molar-refractivity contribution is 5.96. The number of pyridine rings is 1. The molecule has 172 valence electrons. The molecule has 0 spiro atoms. The minimum atomic E-state index is -0.586. The molecule has 1 aromatic heterocycles. The third-order valence-electron chi connectivity index (χ3n) is 7.38. The molecule has 0 radical (unpaired) electrons. The van der Waals surface area contributed by atoms with Crippen molar-refractivity contribution in [3.63, 3.8) is 0 Å². The number of aromatic nitrogens is 1. The van der Waals surface area contributed by atoms with Gasteiger partial charge in [0, 0.05) is 36.7 Å². The van der Waals surface area contributed by atoms with E-state index in [2.05, 4.69) is 43.1 Å². The van der Waals surface area contributed by atoms with Crippen molar-refractivity contribution in [3.05, 3.63) is 59.8 Å². The molecule has 5 rings (SSSR count). The van der Waals surface area contributed by atoms with Gasteiger partial charge in [0.1, 0.15) is 5.75 Å². The Kier molecular flexibility index (Phi) is 5.61. The first-order valence-electron chi connectivity index (χ1n) is 12.0. The van der Waals surface area contributed by atoms with Gasteiger partial charge in [0.25, 0.3) is 5.91 Å². The summed E-state index contributed by atoms with van der Waals surface area (Å²) in [5.41, 5.74) is 5.17. The van der Waals surface area contributed by atoms with Crippen molar-refractivity contribution in [1.82, 2.24) is 9.88 Å². The number of carbonyl (C=O) groups is 1. The fourth-order valence-corrected chi connectivity index (χ4v) is 5.32. The highest BCUT2D eigenvalue weighted by Crippen LogP contribution is 2.45. The average molecular weight is 445 g/mol. The van der Waals surface area contributed by atoms with Crippen molar-refractivity contribution in [1.29, 1.82) is 0 Å². The van der Waals surface area contributed by atoms with Crippen LogP contribution in [-0.4, -0.2) is 45.7 Å². The summed E-state index contributed by atoms with van der Waals surface area (Å²) in [5.74, 6) is 0.820. The van der Waals surface area contributed by atoms with Crippen molar-refractivity contribution in [2.75, 3.05) is 13.1 Å². The van der Waals surface area contributed by atoms with Gasteiger partial charge in [-0.25, -0.2) is 0 Å². The second kappa shape index (κ2) is 8.45. The number of hydrogen-bond donors (Lipinski definition) is 1. The zero-order valence-corrected chi connectivity index (χ0v) is 19.7. The maximum absolute atomic E-state index is 13.1. The Morgan fingerprint density at radius 2 is 1.94 bits per heavy atom. The van der Waals surface area contributed by atoms with E-state index in [9.17, 15) is 9.90 Å². The van der Waals surface area contributed by atoms with Gasteiger partial charge in [-0.15, -0.1) is 0 Å². The van der Waals surface area contributed by atoms with E-state index in [0.717, 1.165) is 48.7 Å². The maximum Gasteiger partial charge on any atom is 0.263 e. The van der Waals surface area contributed by atoms with Gasteiger partial charge in [0.2, 0.25) is 0 Å². The van der Waals surface area contributed by atoms with Crippen LogP contribution in [0.2, 0.25) is 0 Å². The van der Waals surface area contributed by atoms with Gasteiger partial charge in [-0.1, -0.05) is 18.2 Å². The number of hydrogen-bond acceptors (Lipinski definition) is 4. The van der Waals surface area contributed by atoms with Gasteiger partial charge in [0.15, 0.2) is 6.10 Å². The van der Waals surface area contributed by atoms with E-state index in [4.69, 9.17) is 4.74 Å². The molecule has 1 aliphatic carbocycles. The van der Waals surface area contributed by atoms with E-state index in [-0.39, 0.29) is 11.8 Å². The van der Waals surface area contributed by atoms with Crippen LogP contribution in [0.5, 0.6) is 5.75 Å². The summed E-state index contributed by atoms with van der Waals surface area (Å²) in [6.45, 7) is 7.43. The Morgan fingerprint density at radius 1 is 1.18 bits per heavy atom. The lowest BCUT2D eigenvalue weighted by molar-refractivity contribution is -0.141. The SMILES string of the molecule is Cc1cccc(C)c1-c1ccnc2cc(O[C@H](C)C(=O)N3CCCC(C4(O)CC4)C3)ccc12. The van der Waals surface area contributed by atoms with Crippen molar-refractivity contribution in [3.8, 4) is 16.9 Å². The van der Waals surface area contributed by atoms with Crippen LogP contribution in [0, 0.1) is 19.8 Å². The molecular formula is C28H32N2O3. The molecule has 2 fully saturated rings. The maximum atomic E-state index is 13.1. The van der Waals surface area contributed by atoms with Crippen LogP contribution >= 0.6 is 0 Å². The molecule has 0 bridgehead atoms. The third kappa shape index (κ3) is 4.22. The summed E-state index contributed by atoms with van der Waals surface area (Å²) >= 11 is 0. The Hall–Kier alpha value is -2.92. The molecule has 1 saturated carbocycles. The number of aryl methyl sites for hydroxylation is 2. The minimum absolute atomic E-state index is 0.0127. The second-order valence-corrected chi connectivity index (χ2v) is 9.79. The molecule has 1 N–H and O–H groups in total. The van der Waals surface area contributed by atoms with Crippen LogP contribution < -0.4 is 4.74 Å². The molecule has 2 aliphatic rings. The molecular weight excluding hydrogens is 412 g/mol. The van der Waals surface area contributed by atoms with Crippen LogP contribution in [0.4, 0.5) is 0 Å². The second-order valence-electron chi connectivity index (χ2n) is 9.79. The van der Waals surface area contributed by atoms with Gasteiger partial charge in [-0.3, -0.25) is 9.78 Å². The number of nitrogens with zero attached hydrogens (tertiary/aromatic N) is 2. The van der Waals surface area contributed by atoms with Crippen molar-refractivity contribution >= 4 is 16.8 Å². The average Bonchev–Trinajstić information content (AvgIpc) is 3.57. The quantitative estimate of drug-likeness (QED) is 0.598. The number of carbonyl (C=O) groups excluding carboxylic acids is 1. The zero-order valence-electron chi connectivity index (χ0n) is 19.7. The Balaban J connectivity index is 1.35. The van der Waals surface area contributed by atoms with Gasteiger partial charge in [-0.05, 0) is 86.9 Å².